The fraction of sp³-hybridized carbons (Fsp3) is 0.192. The zero-order chi connectivity index (χ0) is 20.5. The van der Waals surface area contributed by atoms with Gasteiger partial charge in [-0.3, -0.25) is 0 Å². The minimum atomic E-state index is 0.305. The summed E-state index contributed by atoms with van der Waals surface area (Å²) in [6.45, 7) is 2.13. The van der Waals surface area contributed by atoms with Gasteiger partial charge >= 0.3 is 169 Å². The quantitative estimate of drug-likeness (QED) is 0.313. The van der Waals surface area contributed by atoms with Crippen LogP contribution in [0.2, 0.25) is 0 Å². The SMILES string of the molecule is CN(C)CCCn1c2ccccc2c2cc(/C=C/c3nc4ccccc4[se]3)ccc21. The summed E-state index contributed by atoms with van der Waals surface area (Å²) in [5.74, 6) is 0. The van der Waals surface area contributed by atoms with Crippen LogP contribution in [0.15, 0.2) is 66.7 Å². The fourth-order valence-electron chi connectivity index (χ4n) is 4.09. The molecule has 0 aliphatic carbocycles. The maximum atomic E-state index is 4.78. The van der Waals surface area contributed by atoms with Gasteiger partial charge in [0.1, 0.15) is 0 Å². The van der Waals surface area contributed by atoms with Gasteiger partial charge in [0.25, 0.3) is 0 Å². The number of hydrogen-bond acceptors (Lipinski definition) is 2. The van der Waals surface area contributed by atoms with E-state index in [2.05, 4.69) is 102 Å². The maximum absolute atomic E-state index is 4.78. The van der Waals surface area contributed by atoms with Crippen molar-refractivity contribution in [2.75, 3.05) is 20.6 Å². The molecule has 2 aromatic heterocycles. The monoisotopic (exact) mass is 459 g/mol. The molecule has 2 heterocycles. The number of aromatic nitrogens is 2. The summed E-state index contributed by atoms with van der Waals surface area (Å²) in [6.07, 6.45) is 5.55. The van der Waals surface area contributed by atoms with Gasteiger partial charge < -0.3 is 0 Å². The van der Waals surface area contributed by atoms with Gasteiger partial charge in [-0.1, -0.05) is 0 Å². The average Bonchev–Trinajstić information content (AvgIpc) is 3.31. The van der Waals surface area contributed by atoms with Gasteiger partial charge in [0.2, 0.25) is 0 Å². The van der Waals surface area contributed by atoms with Gasteiger partial charge in [0.15, 0.2) is 0 Å². The number of rotatable bonds is 6. The summed E-state index contributed by atoms with van der Waals surface area (Å²) in [5, 5.41) is 2.67. The van der Waals surface area contributed by atoms with Crippen LogP contribution >= 0.6 is 0 Å². The van der Waals surface area contributed by atoms with Crippen LogP contribution < -0.4 is 0 Å². The van der Waals surface area contributed by atoms with Crippen LogP contribution in [0.4, 0.5) is 0 Å². The third kappa shape index (κ3) is 3.75. The Labute approximate surface area is 183 Å². The summed E-state index contributed by atoms with van der Waals surface area (Å²) >= 11 is 0.305. The molecule has 0 N–H and O–H groups in total. The van der Waals surface area contributed by atoms with E-state index >= 15 is 0 Å². The van der Waals surface area contributed by atoms with Crippen molar-refractivity contribution in [1.29, 1.82) is 0 Å². The number of para-hydroxylation sites is 2. The van der Waals surface area contributed by atoms with Crippen molar-refractivity contribution in [2.24, 2.45) is 0 Å². The molecule has 30 heavy (non-hydrogen) atoms. The number of hydrogen-bond donors (Lipinski definition) is 0. The molecule has 0 spiro atoms. The van der Waals surface area contributed by atoms with Crippen LogP contribution in [-0.4, -0.2) is 49.6 Å². The van der Waals surface area contributed by atoms with E-state index in [1.54, 1.807) is 0 Å². The molecule has 0 unspecified atom stereocenters. The second kappa shape index (κ2) is 8.23. The van der Waals surface area contributed by atoms with Crippen molar-refractivity contribution in [1.82, 2.24) is 14.5 Å². The van der Waals surface area contributed by atoms with Crippen LogP contribution in [0.5, 0.6) is 0 Å². The first-order chi connectivity index (χ1) is 14.7. The van der Waals surface area contributed by atoms with E-state index in [0.717, 1.165) is 25.0 Å². The zero-order valence-electron chi connectivity index (χ0n) is 17.4. The summed E-state index contributed by atoms with van der Waals surface area (Å²) in [4.78, 5) is 7.03. The molecule has 0 atom stereocenters. The number of benzene rings is 3. The standard InChI is InChI=1S/C26H25N3Se/c1-28(2)16-7-17-29-23-10-5-3-8-20(23)21-18-19(12-14-24(21)29)13-15-26-27-22-9-4-6-11-25(22)30-26/h3-6,8-15,18H,7,16-17H2,1-2H3/b15-13+. The first-order valence-electron chi connectivity index (χ1n) is 10.4. The Hall–Kier alpha value is -2.65. The normalized spacial score (nSPS) is 12.2. The Bertz CT molecular complexity index is 1320. The Morgan fingerprint density at radius 3 is 2.57 bits per heavy atom. The van der Waals surface area contributed by atoms with Crippen LogP contribution in [0, 0.1) is 0 Å². The predicted molar refractivity (Wildman–Crippen MR) is 130 cm³/mol. The summed E-state index contributed by atoms with van der Waals surface area (Å²) in [6, 6.07) is 24.1. The first-order valence-corrected chi connectivity index (χ1v) is 12.1. The molecule has 0 saturated heterocycles. The van der Waals surface area contributed by atoms with Crippen molar-refractivity contribution in [2.45, 2.75) is 13.0 Å². The molecular formula is C26H25N3Se. The molecule has 3 nitrogen and oxygen atoms in total. The molecule has 3 aromatic carbocycles. The van der Waals surface area contributed by atoms with Gasteiger partial charge in [-0.2, -0.15) is 0 Å². The van der Waals surface area contributed by atoms with E-state index in [4.69, 9.17) is 4.98 Å². The molecule has 0 aliphatic heterocycles. The molecule has 0 aliphatic rings. The van der Waals surface area contributed by atoms with E-state index in [0.29, 0.717) is 14.5 Å². The summed E-state index contributed by atoms with van der Waals surface area (Å²) in [5.41, 5.74) is 5.01. The molecule has 0 saturated carbocycles. The average molecular weight is 458 g/mol. The van der Waals surface area contributed by atoms with E-state index in [-0.39, 0.29) is 0 Å². The fourth-order valence-corrected chi connectivity index (χ4v) is 5.92. The second-order valence-electron chi connectivity index (χ2n) is 7.96. The first kappa shape index (κ1) is 19.3. The van der Waals surface area contributed by atoms with Crippen LogP contribution in [0.25, 0.3) is 43.7 Å². The molecule has 4 heteroatoms. The van der Waals surface area contributed by atoms with Crippen molar-refractivity contribution < 1.29 is 0 Å². The van der Waals surface area contributed by atoms with Crippen molar-refractivity contribution >= 4 is 58.2 Å². The third-order valence-corrected chi connectivity index (χ3v) is 7.61. The summed E-state index contributed by atoms with van der Waals surface area (Å²) in [7, 11) is 4.28. The van der Waals surface area contributed by atoms with E-state index in [1.807, 2.05) is 0 Å². The number of aryl methyl sites for hydroxylation is 1. The van der Waals surface area contributed by atoms with E-state index in [1.165, 1.54) is 36.2 Å². The molecule has 0 amide bonds. The Balaban J connectivity index is 1.51. The van der Waals surface area contributed by atoms with Gasteiger partial charge in [-0.15, -0.1) is 0 Å². The van der Waals surface area contributed by atoms with Gasteiger partial charge in [0.05, 0.1) is 0 Å². The van der Waals surface area contributed by atoms with Crippen molar-refractivity contribution in [3.8, 4) is 0 Å². The van der Waals surface area contributed by atoms with E-state index in [9.17, 15) is 0 Å². The Kier molecular flexibility index (Phi) is 5.30. The van der Waals surface area contributed by atoms with Gasteiger partial charge in [-0.05, 0) is 14.1 Å². The van der Waals surface area contributed by atoms with Gasteiger partial charge in [-0.25, -0.2) is 0 Å². The second-order valence-corrected chi connectivity index (χ2v) is 10.2. The van der Waals surface area contributed by atoms with Gasteiger partial charge in [0, 0.05) is 0 Å². The molecule has 5 rings (SSSR count). The molecular weight excluding hydrogens is 433 g/mol. The Morgan fingerprint density at radius 1 is 0.900 bits per heavy atom. The number of nitrogens with zero attached hydrogens (tertiary/aromatic N) is 3. The zero-order valence-corrected chi connectivity index (χ0v) is 19.1. The van der Waals surface area contributed by atoms with Crippen LogP contribution in [-0.2, 0) is 6.54 Å². The molecule has 0 fully saturated rings. The predicted octanol–water partition coefficient (Wildman–Crippen LogP) is 5.52. The molecule has 0 radical (unpaired) electrons. The van der Waals surface area contributed by atoms with Crippen molar-refractivity contribution in [3.63, 3.8) is 0 Å². The minimum absolute atomic E-state index is 0.305. The topological polar surface area (TPSA) is 21.1 Å². The summed E-state index contributed by atoms with van der Waals surface area (Å²) < 4.78 is 5.04. The van der Waals surface area contributed by atoms with Crippen LogP contribution in [0.3, 0.4) is 0 Å². The molecule has 0 bridgehead atoms. The number of fused-ring (bicyclic) bond motifs is 4. The molecule has 150 valence electrons. The van der Waals surface area contributed by atoms with Crippen LogP contribution in [0.1, 0.15) is 16.6 Å². The Morgan fingerprint density at radius 2 is 1.70 bits per heavy atom. The van der Waals surface area contributed by atoms with E-state index < -0.39 is 0 Å². The third-order valence-electron chi connectivity index (χ3n) is 5.51. The molecule has 5 aromatic rings. The van der Waals surface area contributed by atoms with Crippen molar-refractivity contribution in [3.05, 3.63) is 76.9 Å².